The number of aliphatic hydroxyl groups excluding tert-OH is 1. The smallest absolute Gasteiger partial charge is 0.153 e. The van der Waals surface area contributed by atoms with E-state index in [1.807, 2.05) is 35.8 Å². The molecule has 1 atom stereocenters. The van der Waals surface area contributed by atoms with Crippen LogP contribution in [0.1, 0.15) is 26.0 Å². The molecule has 0 saturated heterocycles. The molecule has 2 aromatic heterocycles. The minimum Gasteiger partial charge on any atom is -0.390 e. The zero-order valence-corrected chi connectivity index (χ0v) is 11.3. The molecule has 0 aliphatic rings. The summed E-state index contributed by atoms with van der Waals surface area (Å²) in [6.07, 6.45) is 3.08. The topological polar surface area (TPSA) is 40.8 Å². The molecule has 2 rings (SSSR count). The van der Waals surface area contributed by atoms with E-state index in [4.69, 9.17) is 0 Å². The Bertz CT molecular complexity index is 521. The summed E-state index contributed by atoms with van der Waals surface area (Å²) in [5, 5.41) is 9.56. The van der Waals surface area contributed by atoms with Crippen molar-refractivity contribution in [1.29, 1.82) is 0 Å². The molecule has 2 heterocycles. The largest absolute Gasteiger partial charge is 0.390 e. The molecule has 4 nitrogen and oxygen atoms in total. The van der Waals surface area contributed by atoms with E-state index < -0.39 is 0 Å². The first kappa shape index (κ1) is 12.9. The second-order valence-electron chi connectivity index (χ2n) is 4.86. The van der Waals surface area contributed by atoms with Gasteiger partial charge in [-0.3, -0.25) is 4.40 Å². The summed E-state index contributed by atoms with van der Waals surface area (Å²) in [5.74, 6) is 1.50. The van der Waals surface area contributed by atoms with Crippen LogP contribution < -0.4 is 4.90 Å². The molecule has 0 saturated carbocycles. The number of fused-ring (bicyclic) bond motifs is 1. The summed E-state index contributed by atoms with van der Waals surface area (Å²) >= 11 is 0. The van der Waals surface area contributed by atoms with Gasteiger partial charge in [0.15, 0.2) is 5.82 Å². The summed E-state index contributed by atoms with van der Waals surface area (Å²) in [6, 6.07) is 5.87. The van der Waals surface area contributed by atoms with Crippen LogP contribution in [0.5, 0.6) is 0 Å². The average Bonchev–Trinajstić information content (AvgIpc) is 2.77. The van der Waals surface area contributed by atoms with Crippen LogP contribution >= 0.6 is 0 Å². The molecule has 0 bridgehead atoms. The summed E-state index contributed by atoms with van der Waals surface area (Å²) in [4.78, 5) is 6.73. The van der Waals surface area contributed by atoms with Crippen LogP contribution in [0.2, 0.25) is 0 Å². The van der Waals surface area contributed by atoms with Gasteiger partial charge in [0.2, 0.25) is 0 Å². The number of imidazole rings is 1. The van der Waals surface area contributed by atoms with Gasteiger partial charge in [0, 0.05) is 19.8 Å². The van der Waals surface area contributed by atoms with Crippen molar-refractivity contribution in [1.82, 2.24) is 9.38 Å². The molecule has 0 aliphatic carbocycles. The molecule has 4 heteroatoms. The van der Waals surface area contributed by atoms with Crippen molar-refractivity contribution in [2.24, 2.45) is 5.92 Å². The van der Waals surface area contributed by atoms with Crippen molar-refractivity contribution < 1.29 is 5.11 Å². The summed E-state index contributed by atoms with van der Waals surface area (Å²) in [6.45, 7) is 5.37. The number of anilines is 1. The lowest BCUT2D eigenvalue weighted by Crippen LogP contribution is -2.25. The lowest BCUT2D eigenvalue weighted by molar-refractivity contribution is 0.276. The van der Waals surface area contributed by atoms with Crippen LogP contribution in [-0.4, -0.2) is 28.1 Å². The number of hydrogen-bond acceptors (Lipinski definition) is 3. The van der Waals surface area contributed by atoms with Gasteiger partial charge >= 0.3 is 0 Å². The number of rotatable bonds is 5. The maximum Gasteiger partial charge on any atom is 0.153 e. The molecule has 1 N–H and O–H groups in total. The predicted molar refractivity (Wildman–Crippen MR) is 73.8 cm³/mol. The Morgan fingerprint density at radius 1 is 1.44 bits per heavy atom. The zero-order chi connectivity index (χ0) is 13.1. The van der Waals surface area contributed by atoms with Gasteiger partial charge in [0.05, 0.1) is 12.3 Å². The summed E-state index contributed by atoms with van der Waals surface area (Å²) in [5.41, 5.74) is 1.74. The monoisotopic (exact) mass is 247 g/mol. The van der Waals surface area contributed by atoms with Gasteiger partial charge in [-0.05, 0) is 18.1 Å². The van der Waals surface area contributed by atoms with E-state index in [1.54, 1.807) is 0 Å². The first-order valence-corrected chi connectivity index (χ1v) is 6.45. The Labute approximate surface area is 108 Å². The van der Waals surface area contributed by atoms with Crippen LogP contribution in [0.15, 0.2) is 24.4 Å². The molecule has 18 heavy (non-hydrogen) atoms. The van der Waals surface area contributed by atoms with E-state index in [9.17, 15) is 5.11 Å². The minimum absolute atomic E-state index is 0.00532. The molecule has 0 amide bonds. The molecule has 0 radical (unpaired) electrons. The van der Waals surface area contributed by atoms with E-state index in [2.05, 4.69) is 23.7 Å². The van der Waals surface area contributed by atoms with Crippen LogP contribution in [0.3, 0.4) is 0 Å². The van der Waals surface area contributed by atoms with E-state index in [0.29, 0.717) is 5.92 Å². The first-order chi connectivity index (χ1) is 8.67. The Balaban J connectivity index is 2.37. The third-order valence-corrected chi connectivity index (χ3v) is 3.40. The van der Waals surface area contributed by atoms with Gasteiger partial charge in [0.25, 0.3) is 0 Å². The minimum atomic E-state index is 0.00532. The zero-order valence-electron chi connectivity index (χ0n) is 11.3. The van der Waals surface area contributed by atoms with Gasteiger partial charge in [0.1, 0.15) is 5.65 Å². The Kier molecular flexibility index (Phi) is 3.87. The number of pyridine rings is 1. The molecule has 0 spiro atoms. The highest BCUT2D eigenvalue weighted by Crippen LogP contribution is 2.21. The normalized spacial score (nSPS) is 12.9. The van der Waals surface area contributed by atoms with Crippen molar-refractivity contribution in [3.05, 3.63) is 30.1 Å². The maximum atomic E-state index is 9.56. The van der Waals surface area contributed by atoms with Crippen LogP contribution in [0.25, 0.3) is 5.65 Å². The van der Waals surface area contributed by atoms with Crippen LogP contribution in [-0.2, 0) is 6.61 Å². The molecule has 0 fully saturated rings. The lowest BCUT2D eigenvalue weighted by atomic mass is 10.1. The standard InChI is InChI=1S/C14H21N3O/c1-4-11(2)9-16(3)14-12(10-18)17-8-6-5-7-13(17)15-14/h5-8,11,18H,4,9-10H2,1-3H3. The van der Waals surface area contributed by atoms with E-state index in [0.717, 1.165) is 30.1 Å². The van der Waals surface area contributed by atoms with Gasteiger partial charge in [-0.1, -0.05) is 26.3 Å². The van der Waals surface area contributed by atoms with Crippen molar-refractivity contribution >= 4 is 11.5 Å². The number of aromatic nitrogens is 2. The Hall–Kier alpha value is -1.55. The van der Waals surface area contributed by atoms with Gasteiger partial charge < -0.3 is 10.0 Å². The molecular weight excluding hydrogens is 226 g/mol. The third kappa shape index (κ3) is 2.34. The fourth-order valence-corrected chi connectivity index (χ4v) is 2.17. The van der Waals surface area contributed by atoms with E-state index in [-0.39, 0.29) is 6.61 Å². The van der Waals surface area contributed by atoms with Gasteiger partial charge in [-0.25, -0.2) is 4.98 Å². The van der Waals surface area contributed by atoms with Crippen LogP contribution in [0.4, 0.5) is 5.82 Å². The molecule has 0 aromatic carbocycles. The molecule has 0 aliphatic heterocycles. The molecule has 98 valence electrons. The third-order valence-electron chi connectivity index (χ3n) is 3.40. The van der Waals surface area contributed by atoms with Gasteiger partial charge in [-0.2, -0.15) is 0 Å². The summed E-state index contributed by atoms with van der Waals surface area (Å²) in [7, 11) is 2.03. The maximum absolute atomic E-state index is 9.56. The Morgan fingerprint density at radius 3 is 2.89 bits per heavy atom. The van der Waals surface area contributed by atoms with Gasteiger partial charge in [-0.15, -0.1) is 0 Å². The highest BCUT2D eigenvalue weighted by molar-refractivity contribution is 5.55. The van der Waals surface area contributed by atoms with E-state index >= 15 is 0 Å². The molecular formula is C14H21N3O. The molecule has 1 unspecified atom stereocenters. The SMILES string of the molecule is CCC(C)CN(C)c1nc2ccccn2c1CO. The van der Waals surface area contributed by atoms with Crippen molar-refractivity contribution in [2.75, 3.05) is 18.5 Å². The second-order valence-corrected chi connectivity index (χ2v) is 4.86. The van der Waals surface area contributed by atoms with E-state index in [1.165, 1.54) is 0 Å². The van der Waals surface area contributed by atoms with Crippen molar-refractivity contribution in [2.45, 2.75) is 26.9 Å². The summed E-state index contributed by atoms with van der Waals surface area (Å²) < 4.78 is 1.95. The Morgan fingerprint density at radius 2 is 2.22 bits per heavy atom. The van der Waals surface area contributed by atoms with Crippen molar-refractivity contribution in [3.63, 3.8) is 0 Å². The number of aliphatic hydroxyl groups is 1. The second kappa shape index (κ2) is 5.40. The highest BCUT2D eigenvalue weighted by atomic mass is 16.3. The average molecular weight is 247 g/mol. The molecule has 2 aromatic rings. The fraction of sp³-hybridized carbons (Fsp3) is 0.500. The van der Waals surface area contributed by atoms with Crippen molar-refractivity contribution in [3.8, 4) is 0 Å². The predicted octanol–water partition coefficient (Wildman–Crippen LogP) is 2.31. The quantitative estimate of drug-likeness (QED) is 0.881. The van der Waals surface area contributed by atoms with Crippen LogP contribution in [0, 0.1) is 5.92 Å². The first-order valence-electron chi connectivity index (χ1n) is 6.45. The lowest BCUT2D eigenvalue weighted by Gasteiger charge is -2.21. The fourth-order valence-electron chi connectivity index (χ4n) is 2.17. The number of hydrogen-bond donors (Lipinski definition) is 1. The number of nitrogens with zero attached hydrogens (tertiary/aromatic N) is 3. The highest BCUT2D eigenvalue weighted by Gasteiger charge is 2.15.